The Labute approximate surface area is 114 Å². The highest BCUT2D eigenvalue weighted by atomic mass is 16.5. The van der Waals surface area contributed by atoms with E-state index in [4.69, 9.17) is 4.74 Å². The van der Waals surface area contributed by atoms with E-state index >= 15 is 0 Å². The van der Waals surface area contributed by atoms with Crippen LogP contribution < -0.4 is 10.1 Å². The largest absolute Gasteiger partial charge is 0.484 e. The van der Waals surface area contributed by atoms with Crippen molar-refractivity contribution in [1.29, 1.82) is 0 Å². The van der Waals surface area contributed by atoms with E-state index in [1.54, 1.807) is 0 Å². The Balaban J connectivity index is 1.84. The fourth-order valence-corrected chi connectivity index (χ4v) is 2.19. The zero-order valence-corrected chi connectivity index (χ0v) is 11.5. The van der Waals surface area contributed by atoms with Crippen molar-refractivity contribution in [3.63, 3.8) is 0 Å². The standard InChI is InChI=1S/C15H22N2O2/c1-2-13-5-3-6-14(11-13)19-12-15(18)17-9-4-7-16-8-10-17/h3,5-6,11,16H,2,4,7-10,12H2,1H3. The molecule has 2 rings (SSSR count). The molecule has 0 unspecified atom stereocenters. The van der Waals surface area contributed by atoms with Gasteiger partial charge in [0.15, 0.2) is 6.61 Å². The van der Waals surface area contributed by atoms with Crippen molar-refractivity contribution in [2.24, 2.45) is 0 Å². The highest BCUT2D eigenvalue weighted by molar-refractivity contribution is 5.77. The molecule has 4 nitrogen and oxygen atoms in total. The molecule has 1 aromatic carbocycles. The van der Waals surface area contributed by atoms with Gasteiger partial charge in [0.1, 0.15) is 5.75 Å². The lowest BCUT2D eigenvalue weighted by Crippen LogP contribution is -2.37. The first kappa shape index (κ1) is 13.9. The van der Waals surface area contributed by atoms with Crippen LogP contribution in [0.3, 0.4) is 0 Å². The third-order valence-corrected chi connectivity index (χ3v) is 3.36. The van der Waals surface area contributed by atoms with Crippen molar-refractivity contribution in [3.8, 4) is 5.75 Å². The van der Waals surface area contributed by atoms with E-state index in [1.165, 1.54) is 5.56 Å². The van der Waals surface area contributed by atoms with Crippen LogP contribution in [0.15, 0.2) is 24.3 Å². The number of nitrogens with one attached hydrogen (secondary N) is 1. The summed E-state index contributed by atoms with van der Waals surface area (Å²) < 4.78 is 5.59. The van der Waals surface area contributed by atoms with E-state index in [1.807, 2.05) is 23.1 Å². The zero-order valence-electron chi connectivity index (χ0n) is 11.5. The number of amides is 1. The first-order valence-electron chi connectivity index (χ1n) is 7.00. The van der Waals surface area contributed by atoms with Gasteiger partial charge in [-0.3, -0.25) is 4.79 Å². The van der Waals surface area contributed by atoms with Crippen LogP contribution in [0.4, 0.5) is 0 Å². The Hall–Kier alpha value is -1.55. The monoisotopic (exact) mass is 262 g/mol. The minimum atomic E-state index is 0.0746. The number of nitrogens with zero attached hydrogens (tertiary/aromatic N) is 1. The lowest BCUT2D eigenvalue weighted by atomic mass is 10.2. The molecule has 4 heteroatoms. The average molecular weight is 262 g/mol. The van der Waals surface area contributed by atoms with Gasteiger partial charge in [0.2, 0.25) is 0 Å². The van der Waals surface area contributed by atoms with Crippen LogP contribution in [0.2, 0.25) is 0 Å². The molecular formula is C15H22N2O2. The molecule has 1 heterocycles. The molecule has 0 radical (unpaired) electrons. The molecule has 1 aromatic rings. The molecule has 1 saturated heterocycles. The highest BCUT2D eigenvalue weighted by Gasteiger charge is 2.15. The van der Waals surface area contributed by atoms with E-state index in [9.17, 15) is 4.79 Å². The molecule has 0 atom stereocenters. The number of hydrogen-bond donors (Lipinski definition) is 1. The van der Waals surface area contributed by atoms with Gasteiger partial charge in [-0.25, -0.2) is 0 Å². The summed E-state index contributed by atoms with van der Waals surface area (Å²) in [7, 11) is 0. The smallest absolute Gasteiger partial charge is 0.260 e. The summed E-state index contributed by atoms with van der Waals surface area (Å²) in [4.78, 5) is 13.9. The van der Waals surface area contributed by atoms with Gasteiger partial charge in [-0.15, -0.1) is 0 Å². The predicted octanol–water partition coefficient (Wildman–Crippen LogP) is 1.45. The summed E-state index contributed by atoms with van der Waals surface area (Å²) in [5.41, 5.74) is 1.23. The molecule has 0 aliphatic carbocycles. The lowest BCUT2D eigenvalue weighted by molar-refractivity contribution is -0.133. The van der Waals surface area contributed by atoms with Crippen LogP contribution in [-0.4, -0.2) is 43.6 Å². The SMILES string of the molecule is CCc1cccc(OCC(=O)N2CCCNCC2)c1. The van der Waals surface area contributed by atoms with Crippen LogP contribution >= 0.6 is 0 Å². The molecular weight excluding hydrogens is 240 g/mol. The first-order chi connectivity index (χ1) is 9.29. The summed E-state index contributed by atoms with van der Waals surface area (Å²) in [6.45, 7) is 5.70. The van der Waals surface area contributed by atoms with Gasteiger partial charge in [-0.1, -0.05) is 19.1 Å². The number of benzene rings is 1. The van der Waals surface area contributed by atoms with Gasteiger partial charge in [-0.05, 0) is 37.1 Å². The Morgan fingerprint density at radius 3 is 3.11 bits per heavy atom. The van der Waals surface area contributed by atoms with Crippen LogP contribution in [0.1, 0.15) is 18.9 Å². The third kappa shape index (κ3) is 4.24. The molecule has 19 heavy (non-hydrogen) atoms. The van der Waals surface area contributed by atoms with Gasteiger partial charge in [0.05, 0.1) is 0 Å². The number of carbonyl (C=O) groups is 1. The second-order valence-corrected chi connectivity index (χ2v) is 4.77. The molecule has 1 amide bonds. The average Bonchev–Trinajstić information content (AvgIpc) is 2.74. The van der Waals surface area contributed by atoms with Crippen molar-refractivity contribution < 1.29 is 9.53 Å². The van der Waals surface area contributed by atoms with Gasteiger partial charge >= 0.3 is 0 Å². The number of rotatable bonds is 4. The Kier molecular flexibility index (Phi) is 5.21. The highest BCUT2D eigenvalue weighted by Crippen LogP contribution is 2.13. The van der Waals surface area contributed by atoms with Gasteiger partial charge in [-0.2, -0.15) is 0 Å². The summed E-state index contributed by atoms with van der Waals surface area (Å²) in [5, 5.41) is 3.29. The fraction of sp³-hybridized carbons (Fsp3) is 0.533. The molecule has 0 aromatic heterocycles. The molecule has 1 fully saturated rings. The molecule has 0 spiro atoms. The third-order valence-electron chi connectivity index (χ3n) is 3.36. The topological polar surface area (TPSA) is 41.6 Å². The van der Waals surface area contributed by atoms with Crippen LogP contribution in [0, 0.1) is 0 Å². The quantitative estimate of drug-likeness (QED) is 0.893. The van der Waals surface area contributed by atoms with Crippen molar-refractivity contribution in [3.05, 3.63) is 29.8 Å². The minimum Gasteiger partial charge on any atom is -0.484 e. The van der Waals surface area contributed by atoms with Gasteiger partial charge in [0, 0.05) is 19.6 Å². The number of ether oxygens (including phenoxy) is 1. The summed E-state index contributed by atoms with van der Waals surface area (Å²) in [6, 6.07) is 7.93. The second-order valence-electron chi connectivity index (χ2n) is 4.77. The van der Waals surface area contributed by atoms with E-state index < -0.39 is 0 Å². The van der Waals surface area contributed by atoms with Crippen molar-refractivity contribution in [2.45, 2.75) is 19.8 Å². The molecule has 104 valence electrons. The normalized spacial score (nSPS) is 15.9. The van der Waals surface area contributed by atoms with Crippen molar-refractivity contribution in [1.82, 2.24) is 10.2 Å². The maximum absolute atomic E-state index is 12.1. The molecule has 0 saturated carbocycles. The van der Waals surface area contributed by atoms with E-state index in [0.717, 1.165) is 44.8 Å². The predicted molar refractivity (Wildman–Crippen MR) is 75.4 cm³/mol. The van der Waals surface area contributed by atoms with Crippen molar-refractivity contribution >= 4 is 5.91 Å². The van der Waals surface area contributed by atoms with E-state index in [2.05, 4.69) is 18.3 Å². The fourth-order valence-electron chi connectivity index (χ4n) is 2.19. The molecule has 1 N–H and O–H groups in total. The summed E-state index contributed by atoms with van der Waals surface area (Å²) in [6.07, 6.45) is 1.99. The first-order valence-corrected chi connectivity index (χ1v) is 7.00. The number of aryl methyl sites for hydroxylation is 1. The molecule has 1 aliphatic rings. The second kappa shape index (κ2) is 7.14. The van der Waals surface area contributed by atoms with Crippen LogP contribution in [-0.2, 0) is 11.2 Å². The molecule has 1 aliphatic heterocycles. The number of carbonyl (C=O) groups excluding carboxylic acids is 1. The summed E-state index contributed by atoms with van der Waals surface area (Å²) in [5.74, 6) is 0.853. The Morgan fingerprint density at radius 1 is 1.37 bits per heavy atom. The van der Waals surface area contributed by atoms with E-state index in [-0.39, 0.29) is 12.5 Å². The Morgan fingerprint density at radius 2 is 2.26 bits per heavy atom. The van der Waals surface area contributed by atoms with E-state index in [0.29, 0.717) is 0 Å². The maximum Gasteiger partial charge on any atom is 0.260 e. The van der Waals surface area contributed by atoms with Crippen LogP contribution in [0.5, 0.6) is 5.75 Å². The van der Waals surface area contributed by atoms with Crippen LogP contribution in [0.25, 0.3) is 0 Å². The Bertz CT molecular complexity index is 412. The van der Waals surface area contributed by atoms with Crippen molar-refractivity contribution in [2.75, 3.05) is 32.8 Å². The number of hydrogen-bond acceptors (Lipinski definition) is 3. The van der Waals surface area contributed by atoms with Gasteiger partial charge in [0.25, 0.3) is 5.91 Å². The minimum absolute atomic E-state index is 0.0746. The maximum atomic E-state index is 12.1. The molecule has 0 bridgehead atoms. The summed E-state index contributed by atoms with van der Waals surface area (Å²) >= 11 is 0. The van der Waals surface area contributed by atoms with Gasteiger partial charge < -0.3 is 15.0 Å². The zero-order chi connectivity index (χ0) is 13.5. The lowest BCUT2D eigenvalue weighted by Gasteiger charge is -2.20.